The van der Waals surface area contributed by atoms with E-state index < -0.39 is 16.1 Å². The molecule has 0 radical (unpaired) electrons. The van der Waals surface area contributed by atoms with Crippen molar-refractivity contribution in [2.24, 2.45) is 0 Å². The molecule has 0 bridgehead atoms. The maximum absolute atomic E-state index is 11.6. The largest absolute Gasteiger partial charge is 0.389 e. The summed E-state index contributed by atoms with van der Waals surface area (Å²) in [5, 5.41) is 9.39. The van der Waals surface area contributed by atoms with Crippen molar-refractivity contribution in [3.63, 3.8) is 0 Å². The topological polar surface area (TPSA) is 75.6 Å². The first kappa shape index (κ1) is 14.0. The molecule has 0 saturated carbocycles. The molecule has 1 rings (SSSR count). The van der Waals surface area contributed by atoms with E-state index in [2.05, 4.69) is 4.72 Å². The van der Waals surface area contributed by atoms with Crippen LogP contribution in [0, 0.1) is 0 Å². The second-order valence-corrected chi connectivity index (χ2v) is 5.56. The third-order valence-electron chi connectivity index (χ3n) is 2.20. The van der Waals surface area contributed by atoms with Gasteiger partial charge in [0.15, 0.2) is 0 Å². The first-order chi connectivity index (χ1) is 7.94. The summed E-state index contributed by atoms with van der Waals surface area (Å²) < 4.78 is 30.3. The summed E-state index contributed by atoms with van der Waals surface area (Å²) in [5.41, 5.74) is 1.11. The third kappa shape index (κ3) is 4.72. The Morgan fingerprint density at radius 3 is 2.76 bits per heavy atom. The van der Waals surface area contributed by atoms with Crippen LogP contribution in [-0.2, 0) is 14.8 Å². The lowest BCUT2D eigenvalue weighted by Gasteiger charge is -2.10. The zero-order valence-electron chi connectivity index (χ0n) is 9.88. The number of methoxy groups -OCH3 is 1. The zero-order valence-corrected chi connectivity index (χ0v) is 10.7. The van der Waals surface area contributed by atoms with Gasteiger partial charge in [0.25, 0.3) is 0 Å². The van der Waals surface area contributed by atoms with Crippen molar-refractivity contribution >= 4 is 15.7 Å². The highest BCUT2D eigenvalue weighted by atomic mass is 32.2. The predicted molar refractivity (Wildman–Crippen MR) is 66.4 cm³/mol. The molecule has 5 nitrogen and oxygen atoms in total. The molecule has 0 aliphatic rings. The van der Waals surface area contributed by atoms with E-state index in [1.165, 1.54) is 7.11 Å². The normalized spacial score (nSPS) is 13.4. The Kier molecular flexibility index (Phi) is 4.92. The molecular weight excluding hydrogens is 242 g/mol. The summed E-state index contributed by atoms with van der Waals surface area (Å²) in [7, 11) is -1.95. The van der Waals surface area contributed by atoms with Crippen molar-refractivity contribution in [2.45, 2.75) is 13.0 Å². The molecular formula is C11H17NO4S. The van der Waals surface area contributed by atoms with Crippen LogP contribution in [0.1, 0.15) is 18.6 Å². The van der Waals surface area contributed by atoms with Gasteiger partial charge < -0.3 is 9.84 Å². The summed E-state index contributed by atoms with van der Waals surface area (Å²) in [6.45, 7) is 1.77. The van der Waals surface area contributed by atoms with E-state index >= 15 is 0 Å². The molecule has 0 heterocycles. The van der Waals surface area contributed by atoms with Crippen LogP contribution >= 0.6 is 0 Å². The molecule has 6 heteroatoms. The first-order valence-electron chi connectivity index (χ1n) is 5.22. The number of sulfonamides is 1. The van der Waals surface area contributed by atoms with Crippen LogP contribution in [0.2, 0.25) is 0 Å². The fraction of sp³-hybridized carbons (Fsp3) is 0.455. The summed E-state index contributed by atoms with van der Waals surface area (Å²) in [6.07, 6.45) is -0.626. The minimum absolute atomic E-state index is 0.0948. The van der Waals surface area contributed by atoms with Crippen molar-refractivity contribution < 1.29 is 18.3 Å². The Morgan fingerprint density at radius 2 is 2.18 bits per heavy atom. The van der Waals surface area contributed by atoms with Gasteiger partial charge in [-0.25, -0.2) is 8.42 Å². The summed E-state index contributed by atoms with van der Waals surface area (Å²) >= 11 is 0. The van der Waals surface area contributed by atoms with Gasteiger partial charge in [-0.2, -0.15) is 0 Å². The SMILES string of the molecule is COCCS(=O)(=O)Nc1cccc(C(C)O)c1. The van der Waals surface area contributed by atoms with Gasteiger partial charge in [-0.1, -0.05) is 12.1 Å². The third-order valence-corrected chi connectivity index (χ3v) is 3.45. The van der Waals surface area contributed by atoms with Gasteiger partial charge in [-0.3, -0.25) is 4.72 Å². The lowest BCUT2D eigenvalue weighted by atomic mass is 10.1. The van der Waals surface area contributed by atoms with Gasteiger partial charge in [0, 0.05) is 12.8 Å². The number of ether oxygens (including phenoxy) is 1. The number of rotatable bonds is 6. The number of aliphatic hydroxyl groups excluding tert-OH is 1. The maximum atomic E-state index is 11.6. The van der Waals surface area contributed by atoms with E-state index in [0.717, 1.165) is 0 Å². The Labute approximate surface area is 101 Å². The molecule has 17 heavy (non-hydrogen) atoms. The number of anilines is 1. The average molecular weight is 259 g/mol. The lowest BCUT2D eigenvalue weighted by molar-refractivity contribution is 0.199. The standard InChI is InChI=1S/C11H17NO4S/c1-9(13)10-4-3-5-11(8-10)12-17(14,15)7-6-16-2/h3-5,8-9,12-13H,6-7H2,1-2H3. The molecule has 0 aromatic heterocycles. The lowest BCUT2D eigenvalue weighted by Crippen LogP contribution is -2.19. The number of hydrogen-bond acceptors (Lipinski definition) is 4. The maximum Gasteiger partial charge on any atom is 0.234 e. The minimum atomic E-state index is -3.40. The highest BCUT2D eigenvalue weighted by Crippen LogP contribution is 2.17. The van der Waals surface area contributed by atoms with Crippen LogP contribution in [-0.4, -0.2) is 33.0 Å². The number of aliphatic hydroxyl groups is 1. The molecule has 0 aliphatic carbocycles. The van der Waals surface area contributed by atoms with Gasteiger partial charge in [0.2, 0.25) is 10.0 Å². The molecule has 1 unspecified atom stereocenters. The smallest absolute Gasteiger partial charge is 0.234 e. The Morgan fingerprint density at radius 1 is 1.47 bits per heavy atom. The van der Waals surface area contributed by atoms with Crippen LogP contribution in [0.4, 0.5) is 5.69 Å². The second kappa shape index (κ2) is 6.00. The monoisotopic (exact) mass is 259 g/mol. The van der Waals surface area contributed by atoms with E-state index in [9.17, 15) is 13.5 Å². The van der Waals surface area contributed by atoms with Gasteiger partial charge in [0.1, 0.15) is 0 Å². The van der Waals surface area contributed by atoms with Gasteiger partial charge in [0.05, 0.1) is 18.5 Å². The summed E-state index contributed by atoms with van der Waals surface area (Å²) in [6, 6.07) is 6.67. The van der Waals surface area contributed by atoms with Crippen LogP contribution in [0.5, 0.6) is 0 Å². The van der Waals surface area contributed by atoms with Gasteiger partial charge in [-0.15, -0.1) is 0 Å². The molecule has 96 valence electrons. The van der Waals surface area contributed by atoms with Crippen molar-refractivity contribution in [3.8, 4) is 0 Å². The molecule has 0 amide bonds. The van der Waals surface area contributed by atoms with Crippen LogP contribution in [0.25, 0.3) is 0 Å². The van der Waals surface area contributed by atoms with Crippen molar-refractivity contribution in [1.82, 2.24) is 0 Å². The van der Waals surface area contributed by atoms with E-state index in [-0.39, 0.29) is 12.4 Å². The quantitative estimate of drug-likeness (QED) is 0.803. The van der Waals surface area contributed by atoms with Crippen LogP contribution in [0.15, 0.2) is 24.3 Å². The Hall–Kier alpha value is -1.11. The van der Waals surface area contributed by atoms with Crippen LogP contribution in [0.3, 0.4) is 0 Å². The summed E-state index contributed by atoms with van der Waals surface area (Å²) in [5.74, 6) is -0.0948. The second-order valence-electron chi connectivity index (χ2n) is 3.72. The van der Waals surface area contributed by atoms with E-state index in [1.54, 1.807) is 31.2 Å². The number of benzene rings is 1. The molecule has 1 aromatic rings. The van der Waals surface area contributed by atoms with E-state index in [0.29, 0.717) is 11.3 Å². The fourth-order valence-electron chi connectivity index (χ4n) is 1.29. The molecule has 0 fully saturated rings. The average Bonchev–Trinajstić information content (AvgIpc) is 2.26. The zero-order chi connectivity index (χ0) is 12.9. The molecule has 2 N–H and O–H groups in total. The fourth-order valence-corrected chi connectivity index (χ4v) is 2.26. The molecule has 0 saturated heterocycles. The van der Waals surface area contributed by atoms with Crippen molar-refractivity contribution in [1.29, 1.82) is 0 Å². The van der Waals surface area contributed by atoms with Gasteiger partial charge in [-0.05, 0) is 24.6 Å². The number of nitrogens with one attached hydrogen (secondary N) is 1. The van der Waals surface area contributed by atoms with Crippen molar-refractivity contribution in [3.05, 3.63) is 29.8 Å². The van der Waals surface area contributed by atoms with Gasteiger partial charge >= 0.3 is 0 Å². The molecule has 0 spiro atoms. The van der Waals surface area contributed by atoms with E-state index in [1.807, 2.05) is 0 Å². The Balaban J connectivity index is 2.78. The highest BCUT2D eigenvalue weighted by molar-refractivity contribution is 7.92. The minimum Gasteiger partial charge on any atom is -0.389 e. The molecule has 1 aromatic carbocycles. The van der Waals surface area contributed by atoms with E-state index in [4.69, 9.17) is 4.74 Å². The first-order valence-corrected chi connectivity index (χ1v) is 6.87. The predicted octanol–water partition coefficient (Wildman–Crippen LogP) is 1.13. The highest BCUT2D eigenvalue weighted by Gasteiger charge is 2.10. The van der Waals surface area contributed by atoms with Crippen LogP contribution < -0.4 is 4.72 Å². The Bertz CT molecular complexity index is 456. The van der Waals surface area contributed by atoms with Crippen molar-refractivity contribution in [2.75, 3.05) is 24.2 Å². The molecule has 1 atom stereocenters. The molecule has 0 aliphatic heterocycles. The summed E-state index contributed by atoms with van der Waals surface area (Å²) in [4.78, 5) is 0. The number of hydrogen-bond donors (Lipinski definition) is 2.